The van der Waals surface area contributed by atoms with Crippen molar-refractivity contribution in [1.29, 1.82) is 0 Å². The van der Waals surface area contributed by atoms with Gasteiger partial charge in [0.15, 0.2) is 0 Å². The zero-order chi connectivity index (χ0) is 12.6. The smallest absolute Gasteiger partial charge is 0.146 e. The van der Waals surface area contributed by atoms with Crippen molar-refractivity contribution >= 4 is 0 Å². The predicted octanol–water partition coefficient (Wildman–Crippen LogP) is 2.76. The van der Waals surface area contributed by atoms with Crippen molar-refractivity contribution in [2.45, 2.75) is 24.8 Å². The first-order chi connectivity index (χ1) is 8.72. The Morgan fingerprint density at radius 3 is 2.83 bits per heavy atom. The minimum atomic E-state index is -0.720. The highest BCUT2D eigenvalue weighted by molar-refractivity contribution is 5.44. The molecule has 0 spiro atoms. The number of aromatic nitrogens is 1. The third kappa shape index (κ3) is 1.63. The molecule has 0 bridgehead atoms. The molecule has 3 heteroatoms. The van der Waals surface area contributed by atoms with E-state index in [1.54, 1.807) is 12.3 Å². The van der Waals surface area contributed by atoms with Gasteiger partial charge in [-0.15, -0.1) is 0 Å². The summed E-state index contributed by atoms with van der Waals surface area (Å²) < 4.78 is 14.0. The molecule has 2 N–H and O–H groups in total. The van der Waals surface area contributed by atoms with E-state index < -0.39 is 5.54 Å². The van der Waals surface area contributed by atoms with Gasteiger partial charge in [-0.2, -0.15) is 0 Å². The third-order valence-corrected chi connectivity index (χ3v) is 3.77. The second-order valence-electron chi connectivity index (χ2n) is 4.84. The fourth-order valence-electron chi connectivity index (χ4n) is 2.88. The SMILES string of the molecule is NC1(c2ccncc2F)CCCc2ccccc21. The number of benzene rings is 1. The maximum absolute atomic E-state index is 14.0. The minimum Gasteiger partial charge on any atom is -0.318 e. The number of hydrogen-bond acceptors (Lipinski definition) is 2. The van der Waals surface area contributed by atoms with Crippen LogP contribution in [0.25, 0.3) is 0 Å². The Bertz CT molecular complexity index is 582. The number of nitrogens with two attached hydrogens (primary N) is 1. The van der Waals surface area contributed by atoms with Gasteiger partial charge in [-0.05, 0) is 36.5 Å². The van der Waals surface area contributed by atoms with Crippen LogP contribution in [-0.4, -0.2) is 4.98 Å². The maximum atomic E-state index is 14.0. The lowest BCUT2D eigenvalue weighted by atomic mass is 9.73. The Labute approximate surface area is 106 Å². The molecule has 1 unspecified atom stereocenters. The van der Waals surface area contributed by atoms with E-state index in [2.05, 4.69) is 11.1 Å². The summed E-state index contributed by atoms with van der Waals surface area (Å²) in [6.07, 6.45) is 5.60. The summed E-state index contributed by atoms with van der Waals surface area (Å²) in [5.74, 6) is -0.322. The van der Waals surface area contributed by atoms with E-state index in [1.807, 2.05) is 18.2 Å². The Kier molecular flexibility index (Phi) is 2.63. The molecular weight excluding hydrogens is 227 g/mol. The zero-order valence-electron chi connectivity index (χ0n) is 10.1. The molecule has 0 radical (unpaired) electrons. The molecule has 2 aromatic rings. The standard InChI is InChI=1S/C15H15FN2/c16-14-10-18-9-7-13(14)15(17)8-3-5-11-4-1-2-6-12(11)15/h1-2,4,6-7,9-10H,3,5,8,17H2. The van der Waals surface area contributed by atoms with Gasteiger partial charge in [0.2, 0.25) is 0 Å². The van der Waals surface area contributed by atoms with Crippen LogP contribution in [0, 0.1) is 5.82 Å². The number of aryl methyl sites for hydroxylation is 1. The molecular formula is C15H15FN2. The van der Waals surface area contributed by atoms with Crippen molar-refractivity contribution in [3.8, 4) is 0 Å². The average molecular weight is 242 g/mol. The number of pyridine rings is 1. The molecule has 1 aromatic heterocycles. The molecule has 18 heavy (non-hydrogen) atoms. The van der Waals surface area contributed by atoms with Crippen LogP contribution in [0.2, 0.25) is 0 Å². The Balaban J connectivity index is 2.20. The summed E-state index contributed by atoms with van der Waals surface area (Å²) >= 11 is 0. The highest BCUT2D eigenvalue weighted by Crippen LogP contribution is 2.39. The van der Waals surface area contributed by atoms with Crippen molar-refractivity contribution < 1.29 is 4.39 Å². The van der Waals surface area contributed by atoms with E-state index in [-0.39, 0.29) is 5.82 Å². The summed E-state index contributed by atoms with van der Waals surface area (Å²) in [5, 5.41) is 0. The molecule has 1 aliphatic rings. The van der Waals surface area contributed by atoms with Gasteiger partial charge in [-0.25, -0.2) is 4.39 Å². The summed E-state index contributed by atoms with van der Waals surface area (Å²) in [6, 6.07) is 9.75. The van der Waals surface area contributed by atoms with Gasteiger partial charge in [0, 0.05) is 11.8 Å². The van der Waals surface area contributed by atoms with Crippen molar-refractivity contribution in [2.75, 3.05) is 0 Å². The van der Waals surface area contributed by atoms with Crippen LogP contribution in [0.3, 0.4) is 0 Å². The van der Waals surface area contributed by atoms with Crippen molar-refractivity contribution in [1.82, 2.24) is 4.98 Å². The summed E-state index contributed by atoms with van der Waals surface area (Å²) in [4.78, 5) is 3.80. The van der Waals surface area contributed by atoms with E-state index in [0.29, 0.717) is 5.56 Å². The van der Waals surface area contributed by atoms with E-state index in [0.717, 1.165) is 24.8 Å². The van der Waals surface area contributed by atoms with E-state index in [4.69, 9.17) is 5.73 Å². The molecule has 0 saturated heterocycles. The minimum absolute atomic E-state index is 0.322. The number of halogens is 1. The number of rotatable bonds is 1. The fraction of sp³-hybridized carbons (Fsp3) is 0.267. The molecule has 1 atom stereocenters. The molecule has 92 valence electrons. The molecule has 0 aliphatic heterocycles. The lowest BCUT2D eigenvalue weighted by Crippen LogP contribution is -2.42. The highest BCUT2D eigenvalue weighted by Gasteiger charge is 2.36. The molecule has 1 heterocycles. The van der Waals surface area contributed by atoms with E-state index in [1.165, 1.54) is 11.8 Å². The van der Waals surface area contributed by atoms with Crippen LogP contribution in [0.15, 0.2) is 42.7 Å². The Morgan fingerprint density at radius 2 is 2.00 bits per heavy atom. The first-order valence-electron chi connectivity index (χ1n) is 6.19. The van der Waals surface area contributed by atoms with E-state index in [9.17, 15) is 4.39 Å². The van der Waals surface area contributed by atoms with Gasteiger partial charge in [0.25, 0.3) is 0 Å². The molecule has 0 amide bonds. The number of fused-ring (bicyclic) bond motifs is 1. The zero-order valence-corrected chi connectivity index (χ0v) is 10.1. The quantitative estimate of drug-likeness (QED) is 0.835. The highest BCUT2D eigenvalue weighted by atomic mass is 19.1. The van der Waals surface area contributed by atoms with Crippen LogP contribution >= 0.6 is 0 Å². The van der Waals surface area contributed by atoms with Crippen LogP contribution in [0.4, 0.5) is 4.39 Å². The summed E-state index contributed by atoms with van der Waals surface area (Å²) in [7, 11) is 0. The first kappa shape index (κ1) is 11.4. The van der Waals surface area contributed by atoms with Crippen LogP contribution < -0.4 is 5.73 Å². The fourth-order valence-corrected chi connectivity index (χ4v) is 2.88. The second-order valence-corrected chi connectivity index (χ2v) is 4.84. The lowest BCUT2D eigenvalue weighted by molar-refractivity contribution is 0.420. The first-order valence-corrected chi connectivity index (χ1v) is 6.19. The average Bonchev–Trinajstić information content (AvgIpc) is 2.40. The molecule has 0 fully saturated rings. The maximum Gasteiger partial charge on any atom is 0.146 e. The number of nitrogens with zero attached hydrogens (tertiary/aromatic N) is 1. The number of hydrogen-bond donors (Lipinski definition) is 1. The van der Waals surface area contributed by atoms with Gasteiger partial charge in [0.1, 0.15) is 5.82 Å². The van der Waals surface area contributed by atoms with Crippen molar-refractivity contribution in [3.63, 3.8) is 0 Å². The molecule has 0 saturated carbocycles. The lowest BCUT2D eigenvalue weighted by Gasteiger charge is -2.36. The summed E-state index contributed by atoms with van der Waals surface area (Å²) in [5.41, 5.74) is 8.62. The monoisotopic (exact) mass is 242 g/mol. The second kappa shape index (κ2) is 4.18. The van der Waals surface area contributed by atoms with Gasteiger partial charge >= 0.3 is 0 Å². The van der Waals surface area contributed by atoms with Gasteiger partial charge < -0.3 is 5.73 Å². The van der Waals surface area contributed by atoms with Crippen molar-refractivity contribution in [2.24, 2.45) is 5.73 Å². The Hall–Kier alpha value is -1.74. The topological polar surface area (TPSA) is 38.9 Å². The third-order valence-electron chi connectivity index (χ3n) is 3.77. The molecule has 2 nitrogen and oxygen atoms in total. The van der Waals surface area contributed by atoms with Crippen LogP contribution in [0.1, 0.15) is 29.5 Å². The van der Waals surface area contributed by atoms with Crippen molar-refractivity contribution in [3.05, 3.63) is 65.2 Å². The van der Waals surface area contributed by atoms with Crippen LogP contribution in [-0.2, 0) is 12.0 Å². The van der Waals surface area contributed by atoms with Gasteiger partial charge in [0.05, 0.1) is 11.7 Å². The van der Waals surface area contributed by atoms with Crippen LogP contribution in [0.5, 0.6) is 0 Å². The van der Waals surface area contributed by atoms with Gasteiger partial charge in [-0.1, -0.05) is 24.3 Å². The van der Waals surface area contributed by atoms with Gasteiger partial charge in [-0.3, -0.25) is 4.98 Å². The molecule has 1 aromatic carbocycles. The van der Waals surface area contributed by atoms with E-state index >= 15 is 0 Å². The Morgan fingerprint density at radius 1 is 1.17 bits per heavy atom. The largest absolute Gasteiger partial charge is 0.318 e. The normalized spacial score (nSPS) is 22.6. The molecule has 3 rings (SSSR count). The predicted molar refractivity (Wildman–Crippen MR) is 68.5 cm³/mol. The molecule has 1 aliphatic carbocycles. The summed E-state index contributed by atoms with van der Waals surface area (Å²) in [6.45, 7) is 0.